The van der Waals surface area contributed by atoms with Gasteiger partial charge < -0.3 is 5.32 Å². The summed E-state index contributed by atoms with van der Waals surface area (Å²) in [5, 5.41) is 2.99. The van der Waals surface area contributed by atoms with Crippen LogP contribution >= 0.6 is 0 Å². The van der Waals surface area contributed by atoms with Crippen molar-refractivity contribution in [2.75, 3.05) is 25.1 Å². The van der Waals surface area contributed by atoms with Gasteiger partial charge in [0.05, 0.1) is 12.0 Å². The molecule has 0 radical (unpaired) electrons. The first kappa shape index (κ1) is 11.9. The third kappa shape index (κ3) is 4.36. The molecule has 6 nitrogen and oxygen atoms in total. The number of rotatable bonds is 4. The summed E-state index contributed by atoms with van der Waals surface area (Å²) in [5.74, 6) is -0.297. The predicted molar refractivity (Wildman–Crippen MR) is 50.7 cm³/mol. The zero-order chi connectivity index (χ0) is 10.8. The van der Waals surface area contributed by atoms with Crippen LogP contribution in [0.2, 0.25) is 0 Å². The van der Waals surface area contributed by atoms with Gasteiger partial charge in [-0.05, 0) is 25.4 Å². The van der Waals surface area contributed by atoms with Gasteiger partial charge in [-0.3, -0.25) is 0 Å². The van der Waals surface area contributed by atoms with Crippen molar-refractivity contribution in [2.24, 2.45) is 5.92 Å². The molecular formula is C6H13NO5S2. The first-order chi connectivity index (χ1) is 6.29. The molecule has 0 spiro atoms. The maximum Gasteiger partial charge on any atom is 0.282 e. The van der Waals surface area contributed by atoms with Crippen molar-refractivity contribution in [3.05, 3.63) is 0 Å². The van der Waals surface area contributed by atoms with Crippen LogP contribution in [0.1, 0.15) is 6.42 Å². The Morgan fingerprint density at radius 1 is 1.36 bits per heavy atom. The molecule has 1 atom stereocenters. The molecule has 0 unspecified atom stereocenters. The summed E-state index contributed by atoms with van der Waals surface area (Å²) in [4.78, 5) is 0. The van der Waals surface area contributed by atoms with E-state index in [0.717, 1.165) is 19.2 Å². The highest BCUT2D eigenvalue weighted by atomic mass is 32.3. The van der Waals surface area contributed by atoms with Gasteiger partial charge in [-0.2, -0.15) is 16.8 Å². The second kappa shape index (κ2) is 4.13. The van der Waals surface area contributed by atoms with Gasteiger partial charge in [0, 0.05) is 0 Å². The second-order valence-corrected chi connectivity index (χ2v) is 6.76. The van der Waals surface area contributed by atoms with Crippen molar-refractivity contribution in [3.8, 4) is 0 Å². The highest BCUT2D eigenvalue weighted by Gasteiger charge is 2.25. The van der Waals surface area contributed by atoms with Crippen LogP contribution in [0.4, 0.5) is 0 Å². The average Bonchev–Trinajstić information content (AvgIpc) is 2.31. The fourth-order valence-electron chi connectivity index (χ4n) is 1.36. The van der Waals surface area contributed by atoms with Crippen molar-refractivity contribution in [3.63, 3.8) is 0 Å². The molecular weight excluding hydrogens is 230 g/mol. The van der Waals surface area contributed by atoms with E-state index in [1.807, 2.05) is 0 Å². The lowest BCUT2D eigenvalue weighted by molar-refractivity contribution is 0.457. The Bertz CT molecular complexity index is 378. The molecule has 0 aromatic heterocycles. The first-order valence-electron chi connectivity index (χ1n) is 4.13. The highest BCUT2D eigenvalue weighted by molar-refractivity contribution is 7.99. The van der Waals surface area contributed by atoms with Gasteiger partial charge >= 0.3 is 0 Å². The first-order valence-corrected chi connectivity index (χ1v) is 7.52. The molecule has 1 rings (SSSR count). The lowest BCUT2D eigenvalue weighted by atomic mass is 10.2. The van der Waals surface area contributed by atoms with E-state index in [4.69, 9.17) is 0 Å². The molecule has 8 heteroatoms. The smallest absolute Gasteiger partial charge is 0.282 e. The minimum absolute atomic E-state index is 0.0539. The Kier molecular flexibility index (Phi) is 3.51. The Labute approximate surface area is 83.9 Å². The van der Waals surface area contributed by atoms with E-state index in [2.05, 4.69) is 8.95 Å². The molecule has 0 aromatic carbocycles. The summed E-state index contributed by atoms with van der Waals surface area (Å²) < 4.78 is 47.6. The van der Waals surface area contributed by atoms with Gasteiger partial charge in [0.1, 0.15) is 0 Å². The van der Waals surface area contributed by atoms with Crippen molar-refractivity contribution in [1.82, 2.24) is 5.32 Å². The maximum absolute atomic E-state index is 11.2. The monoisotopic (exact) mass is 243 g/mol. The number of hydrogen-bond acceptors (Lipinski definition) is 6. The fourth-order valence-corrected chi connectivity index (χ4v) is 3.95. The second-order valence-electron chi connectivity index (χ2n) is 3.36. The lowest BCUT2D eigenvalue weighted by Gasteiger charge is -2.07. The van der Waals surface area contributed by atoms with Crippen molar-refractivity contribution >= 4 is 20.2 Å². The minimum atomic E-state index is -3.95. The molecule has 0 bridgehead atoms. The fraction of sp³-hybridized carbons (Fsp3) is 1.00. The van der Waals surface area contributed by atoms with E-state index < -0.39 is 20.2 Å². The lowest BCUT2D eigenvalue weighted by Crippen LogP contribution is -2.22. The molecule has 1 aliphatic heterocycles. The van der Waals surface area contributed by atoms with Crippen molar-refractivity contribution in [2.45, 2.75) is 6.42 Å². The van der Waals surface area contributed by atoms with Crippen molar-refractivity contribution < 1.29 is 20.5 Å². The van der Waals surface area contributed by atoms with E-state index in [1.165, 1.54) is 0 Å². The predicted octanol–water partition coefficient (Wildman–Crippen LogP) is -1.10. The van der Waals surface area contributed by atoms with E-state index in [0.29, 0.717) is 6.54 Å². The Morgan fingerprint density at radius 3 is 2.43 bits per heavy atom. The summed E-state index contributed by atoms with van der Waals surface area (Å²) in [6.45, 7) is 1.35. The number of nitrogens with one attached hydrogen (secondary N) is 1. The molecule has 84 valence electrons. The number of hydrogen-bond donors (Lipinski definition) is 1. The standard InChI is InChI=1S/C6H13NO5S2/c1-13(8,9)12-14(10,11)5-6-2-3-7-4-6/h6-7H,2-5H2,1H3/t6-/m1/s1. The Balaban J connectivity index is 2.58. The zero-order valence-corrected chi connectivity index (χ0v) is 9.40. The molecule has 0 saturated carbocycles. The Hall–Kier alpha value is -0.180. The molecule has 0 aliphatic carbocycles. The van der Waals surface area contributed by atoms with Gasteiger partial charge in [-0.25, -0.2) is 0 Å². The summed E-state index contributed by atoms with van der Waals surface area (Å²) >= 11 is 0. The highest BCUT2D eigenvalue weighted by Crippen LogP contribution is 2.12. The molecule has 1 heterocycles. The van der Waals surface area contributed by atoms with Crippen LogP contribution in [-0.2, 0) is 23.9 Å². The van der Waals surface area contributed by atoms with E-state index in [-0.39, 0.29) is 11.7 Å². The van der Waals surface area contributed by atoms with Gasteiger partial charge in [0.15, 0.2) is 0 Å². The Morgan fingerprint density at radius 2 is 2.00 bits per heavy atom. The van der Waals surface area contributed by atoms with Crippen LogP contribution in [0.25, 0.3) is 0 Å². The van der Waals surface area contributed by atoms with Crippen molar-refractivity contribution in [1.29, 1.82) is 0 Å². The van der Waals surface area contributed by atoms with E-state index >= 15 is 0 Å². The summed E-state index contributed by atoms with van der Waals surface area (Å²) in [6.07, 6.45) is 1.45. The summed E-state index contributed by atoms with van der Waals surface area (Å²) in [5.41, 5.74) is 0. The van der Waals surface area contributed by atoms with E-state index in [9.17, 15) is 16.8 Å². The topological polar surface area (TPSA) is 89.5 Å². The molecule has 1 aliphatic rings. The van der Waals surface area contributed by atoms with Crippen LogP contribution in [-0.4, -0.2) is 41.9 Å². The zero-order valence-electron chi connectivity index (χ0n) is 7.76. The summed E-state index contributed by atoms with van der Waals surface area (Å²) in [6, 6.07) is 0. The van der Waals surface area contributed by atoms with Gasteiger partial charge in [0.2, 0.25) is 0 Å². The molecule has 1 fully saturated rings. The van der Waals surface area contributed by atoms with Crippen LogP contribution in [0.15, 0.2) is 0 Å². The normalized spacial score (nSPS) is 23.9. The molecule has 0 aromatic rings. The van der Waals surface area contributed by atoms with Crippen LogP contribution in [0, 0.1) is 5.92 Å². The quantitative estimate of drug-likeness (QED) is 0.674. The molecule has 14 heavy (non-hydrogen) atoms. The third-order valence-electron chi connectivity index (χ3n) is 1.83. The maximum atomic E-state index is 11.2. The largest absolute Gasteiger partial charge is 0.316 e. The van der Waals surface area contributed by atoms with Crippen LogP contribution in [0.5, 0.6) is 0 Å². The summed E-state index contributed by atoms with van der Waals surface area (Å²) in [7, 11) is -7.88. The van der Waals surface area contributed by atoms with Gasteiger partial charge in [-0.1, -0.05) is 0 Å². The molecule has 0 amide bonds. The van der Waals surface area contributed by atoms with Crippen LogP contribution in [0.3, 0.4) is 0 Å². The average molecular weight is 243 g/mol. The van der Waals surface area contributed by atoms with Gasteiger partial charge in [0.25, 0.3) is 20.2 Å². The molecule has 1 N–H and O–H groups in total. The van der Waals surface area contributed by atoms with E-state index in [1.54, 1.807) is 0 Å². The van der Waals surface area contributed by atoms with Gasteiger partial charge in [-0.15, -0.1) is 3.63 Å². The third-order valence-corrected chi connectivity index (χ3v) is 4.53. The van der Waals surface area contributed by atoms with Crippen LogP contribution < -0.4 is 5.32 Å². The molecule has 1 saturated heterocycles. The SMILES string of the molecule is CS(=O)(=O)OS(=O)(=O)C[C@@H]1CCNC1. The minimum Gasteiger partial charge on any atom is -0.316 e.